The topological polar surface area (TPSA) is 440 Å². The fourth-order valence-electron chi connectivity index (χ4n) is 10.7. The Morgan fingerprint density at radius 3 is 1.90 bits per heavy atom. The minimum absolute atomic E-state index is 0.0248. The van der Waals surface area contributed by atoms with Crippen LogP contribution in [0.4, 0.5) is 0 Å². The predicted octanol–water partition coefficient (Wildman–Crippen LogP) is 5.03. The zero-order valence-corrected chi connectivity index (χ0v) is 48.9. The molecule has 87 heavy (non-hydrogen) atoms. The highest BCUT2D eigenvalue weighted by molar-refractivity contribution is 7.51. The maximum atomic E-state index is 15.7. The summed E-state index contributed by atoms with van der Waals surface area (Å²) in [5, 5.41) is 93.3. The molecule has 11 bridgehead atoms. The fourth-order valence-corrected chi connectivity index (χ4v) is 11.5. The third-order valence-corrected chi connectivity index (χ3v) is 16.3. The van der Waals surface area contributed by atoms with Crippen molar-refractivity contribution in [1.82, 2.24) is 26.6 Å². The molecule has 0 aromatic heterocycles. The molecule has 5 aliphatic heterocycles. The van der Waals surface area contributed by atoms with Crippen LogP contribution in [0.25, 0.3) is 11.1 Å². The first-order valence-electron chi connectivity index (χ1n) is 27.1. The van der Waals surface area contributed by atoms with E-state index in [1.54, 1.807) is 6.92 Å². The number of primary amides is 1. The van der Waals surface area contributed by atoms with Crippen molar-refractivity contribution in [3.05, 3.63) is 116 Å². The largest absolute Gasteiger partial charge is 0.507 e. The quantitative estimate of drug-likeness (QED) is 0.0728. The summed E-state index contributed by atoms with van der Waals surface area (Å²) >= 11 is 13.6. The smallest absolute Gasteiger partial charge is 0.339 e. The normalized spacial score (nSPS) is 22.0. The van der Waals surface area contributed by atoms with Crippen molar-refractivity contribution < 1.29 is 97.9 Å². The van der Waals surface area contributed by atoms with Crippen molar-refractivity contribution in [2.24, 2.45) is 23.5 Å². The summed E-state index contributed by atoms with van der Waals surface area (Å²) in [7, 11) is -4.76. The van der Waals surface area contributed by atoms with Gasteiger partial charge in [0.15, 0.2) is 29.1 Å². The number of hydrogen-bond donors (Lipinski definition) is 15. The molecule has 0 saturated heterocycles. The lowest BCUT2D eigenvalue weighted by atomic mass is 9.84. The molecule has 5 aliphatic rings. The minimum atomic E-state index is -4.76. The van der Waals surface area contributed by atoms with E-state index in [9.17, 15) is 78.9 Å². The molecule has 5 aromatic rings. The van der Waals surface area contributed by atoms with Gasteiger partial charge in [0.05, 0.1) is 33.7 Å². The molecule has 5 heterocycles. The number of hydrogen-bond acceptors (Lipinski definition) is 18. The number of carbonyl (C=O) groups excluding carboxylic acids is 7. The lowest BCUT2D eigenvalue weighted by Crippen LogP contribution is -2.53. The maximum Gasteiger partial charge on any atom is 0.339 e. The van der Waals surface area contributed by atoms with E-state index in [0.717, 1.165) is 48.5 Å². The van der Waals surface area contributed by atoms with E-state index in [1.165, 1.54) is 24.3 Å². The number of ketones is 2. The number of amides is 5. The number of benzene rings is 5. The second kappa shape index (κ2) is 26.3. The number of carboxylic acids is 1. The number of carbonyl (C=O) groups is 8. The predicted molar refractivity (Wildman–Crippen MR) is 307 cm³/mol. The summed E-state index contributed by atoms with van der Waals surface area (Å²) in [4.78, 5) is 134. The van der Waals surface area contributed by atoms with Gasteiger partial charge < -0.3 is 87.3 Å². The molecule has 0 spiro atoms. The van der Waals surface area contributed by atoms with Gasteiger partial charge in [0, 0.05) is 48.4 Å². The number of Topliss-reactive ketones (excluding diaryl/α,β-unsaturated/α-hetero) is 2. The molecular weight excluding hydrogens is 1200 g/mol. The highest BCUT2D eigenvalue weighted by Crippen LogP contribution is 2.50. The Hall–Kier alpha value is -8.33. The Kier molecular flexibility index (Phi) is 19.6. The summed E-state index contributed by atoms with van der Waals surface area (Å²) in [6.07, 6.45) is -7.16. The van der Waals surface area contributed by atoms with Crippen LogP contribution in [0.1, 0.15) is 116 Å². The molecule has 9 atom stereocenters. The summed E-state index contributed by atoms with van der Waals surface area (Å²) in [6, 6.07) is 4.81. The van der Waals surface area contributed by atoms with Gasteiger partial charge in [-0.15, -0.1) is 0 Å². The molecular formula is C58H61Cl2N6O20P. The Bertz CT molecular complexity index is 3670. The number of aliphatic hydroxyl groups excluding tert-OH is 2. The van der Waals surface area contributed by atoms with Crippen molar-refractivity contribution in [2.45, 2.75) is 102 Å². The number of carboxylic acid groups (broad SMARTS) is 1. The standard InChI is InChI=1S/C58H61Cl2N6O20P/c1-4-24(11-23(2)3)54(76)65-48-38(69)15-29(18-44(61)71)55(77)63-46-28-16-42(85-40-9-6-26(50(48)72)13-34(40)59)53(75)43(17-28)86-41-10-7-27(14-35(41)60)51(73)49-57(79)64-47(58(80)81)32-20-37(68)33(21-62-22-87(82,83)84)52(74)45(32)31-12-25(5-8-36(31)67)30(19-39(46)70)56(78)66-49/h5-10,12-14,16-17,20,23-24,29-30,46-51,62,67-68,72-75H,4,11,15,18-19,21-22H2,1-3H3,(H2,61,71)(H,63,77)(H,64,79)(H,65,76)(H,66,78)(H,80,81)(H2,82,83,84)/t24-,29+,30?,46-,47+,48+,49+,50-,51-/m1/s1. The molecule has 5 amide bonds. The third-order valence-electron chi connectivity index (χ3n) is 15.1. The minimum Gasteiger partial charge on any atom is -0.507 e. The highest BCUT2D eigenvalue weighted by Gasteiger charge is 2.42. The van der Waals surface area contributed by atoms with Crippen molar-refractivity contribution >= 4 is 77.9 Å². The van der Waals surface area contributed by atoms with E-state index < -0.39 is 198 Å². The highest BCUT2D eigenvalue weighted by atomic mass is 35.5. The first kappa shape index (κ1) is 64.7. The number of rotatable bonds is 12. The number of nitrogens with one attached hydrogen (secondary N) is 5. The monoisotopic (exact) mass is 1260 g/mol. The van der Waals surface area contributed by atoms with Crippen molar-refractivity contribution in [3.63, 3.8) is 0 Å². The maximum absolute atomic E-state index is 15.7. The number of aromatic hydroxyl groups is 4. The van der Waals surface area contributed by atoms with Crippen LogP contribution in [0.3, 0.4) is 0 Å². The summed E-state index contributed by atoms with van der Waals surface area (Å²) in [6.45, 7) is 4.81. The summed E-state index contributed by atoms with van der Waals surface area (Å²) < 4.78 is 24.1. The molecule has 29 heteroatoms. The van der Waals surface area contributed by atoms with Crippen LogP contribution >= 0.6 is 30.8 Å². The number of phenols is 4. The molecule has 1 unspecified atom stereocenters. The van der Waals surface area contributed by atoms with Gasteiger partial charge in [0.1, 0.15) is 59.1 Å². The van der Waals surface area contributed by atoms with Crippen LogP contribution in [0.5, 0.6) is 46.0 Å². The molecule has 16 N–H and O–H groups in total. The average molecular weight is 1260 g/mol. The number of ether oxygens (including phenoxy) is 2. The molecule has 0 fully saturated rings. The second-order valence-corrected chi connectivity index (χ2v) is 24.2. The molecule has 0 aliphatic carbocycles. The third kappa shape index (κ3) is 14.4. The van der Waals surface area contributed by atoms with Crippen molar-refractivity contribution in [1.29, 1.82) is 0 Å². The zero-order chi connectivity index (χ0) is 63.7. The first-order chi connectivity index (χ1) is 40.9. The molecule has 5 aromatic carbocycles. The van der Waals surface area contributed by atoms with Crippen molar-refractivity contribution in [3.8, 4) is 57.1 Å². The number of aliphatic hydroxyl groups is 2. The molecule has 26 nitrogen and oxygen atoms in total. The SMILES string of the molecule is CC[C@H](CC(C)C)C(=O)N[C@H]1C(=O)C[C@@H](CC(N)=O)C(=O)N[C@H]2C(=O)CC3C(=O)N[C@H](C(=O)N[C@H](C(=O)O)c4cc(O)c(CNCP(=O)(O)O)c(O)c4-c4cc3ccc4O)[C@H](O)c3ccc(c(Cl)c3)Oc3cc2cc(c3O)Oc2ccc(cc2Cl)[C@H]1O. The van der Waals surface area contributed by atoms with Crippen LogP contribution in [0, 0.1) is 17.8 Å². The van der Waals surface area contributed by atoms with Gasteiger partial charge in [-0.2, -0.15) is 0 Å². The van der Waals surface area contributed by atoms with Crippen LogP contribution in [-0.2, 0) is 49.5 Å². The molecule has 0 radical (unpaired) electrons. The Morgan fingerprint density at radius 2 is 1.33 bits per heavy atom. The average Bonchev–Trinajstić information content (AvgIpc) is 0.956. The van der Waals surface area contributed by atoms with Crippen molar-refractivity contribution in [2.75, 3.05) is 6.29 Å². The number of phenolic OH excluding ortho intramolecular Hbond substituents is 4. The zero-order valence-electron chi connectivity index (χ0n) is 46.4. The van der Waals surface area contributed by atoms with Gasteiger partial charge in [-0.1, -0.05) is 62.2 Å². The van der Waals surface area contributed by atoms with E-state index in [0.29, 0.717) is 12.8 Å². The van der Waals surface area contributed by atoms with Gasteiger partial charge in [-0.05, 0) is 95.6 Å². The molecule has 462 valence electrons. The van der Waals surface area contributed by atoms with E-state index in [2.05, 4.69) is 26.6 Å². The second-order valence-electron chi connectivity index (χ2n) is 21.7. The lowest BCUT2D eigenvalue weighted by molar-refractivity contribution is -0.143. The van der Waals surface area contributed by atoms with Gasteiger partial charge in [-0.3, -0.25) is 38.1 Å². The van der Waals surface area contributed by atoms with Crippen LogP contribution in [-0.4, -0.2) is 111 Å². The van der Waals surface area contributed by atoms with Gasteiger partial charge in [-0.25, -0.2) is 4.79 Å². The summed E-state index contributed by atoms with van der Waals surface area (Å²) in [5.41, 5.74) is 2.59. The first-order valence-corrected chi connectivity index (χ1v) is 29.6. The molecule has 10 rings (SSSR count). The van der Waals surface area contributed by atoms with E-state index >= 15 is 9.59 Å². The van der Waals surface area contributed by atoms with Gasteiger partial charge in [0.25, 0.3) is 0 Å². The van der Waals surface area contributed by atoms with E-state index in [1.807, 2.05) is 13.8 Å². The van der Waals surface area contributed by atoms with Crippen LogP contribution in [0.15, 0.2) is 72.8 Å². The Balaban J connectivity index is 1.37. The molecule has 0 saturated carbocycles. The van der Waals surface area contributed by atoms with Crippen LogP contribution < -0.4 is 41.8 Å². The van der Waals surface area contributed by atoms with E-state index in [-0.39, 0.29) is 49.7 Å². The number of fused-ring (bicyclic) bond motifs is 15. The van der Waals surface area contributed by atoms with Gasteiger partial charge in [0.2, 0.25) is 35.3 Å². The lowest BCUT2D eigenvalue weighted by Gasteiger charge is -2.31. The Morgan fingerprint density at radius 1 is 0.724 bits per heavy atom. The van der Waals surface area contributed by atoms with E-state index in [4.69, 9.17) is 38.4 Å². The number of nitrogens with two attached hydrogens (primary N) is 1. The van der Waals surface area contributed by atoms with Gasteiger partial charge >= 0.3 is 13.6 Å². The number of halogens is 2. The van der Waals surface area contributed by atoms with Crippen LogP contribution in [0.2, 0.25) is 10.0 Å². The number of aliphatic carboxylic acids is 1. The fraction of sp³-hybridized carbons (Fsp3) is 0.345. The summed E-state index contributed by atoms with van der Waals surface area (Å²) in [5.74, 6) is -19.0. The Labute approximate surface area is 505 Å².